The van der Waals surface area contributed by atoms with Crippen molar-refractivity contribution in [3.63, 3.8) is 0 Å². The molecule has 0 unspecified atom stereocenters. The van der Waals surface area contributed by atoms with Gasteiger partial charge in [-0.2, -0.15) is 0 Å². The number of amides is 1. The number of thioether (sulfide) groups is 1. The van der Waals surface area contributed by atoms with E-state index >= 15 is 0 Å². The average molecular weight is 472 g/mol. The van der Waals surface area contributed by atoms with Crippen LogP contribution in [0.4, 0.5) is 5.69 Å². The van der Waals surface area contributed by atoms with Crippen LogP contribution in [0.15, 0.2) is 76.7 Å². The molecule has 5 rings (SSSR count). The maximum absolute atomic E-state index is 13.2. The number of hydrogen-bond acceptors (Lipinski definition) is 5. The van der Waals surface area contributed by atoms with Crippen molar-refractivity contribution in [1.29, 1.82) is 0 Å². The molecule has 0 aliphatic rings. The summed E-state index contributed by atoms with van der Waals surface area (Å²) < 4.78 is 3.57. The Kier molecular flexibility index (Phi) is 6.06. The first-order valence-electron chi connectivity index (χ1n) is 11.3. The van der Waals surface area contributed by atoms with Crippen molar-refractivity contribution in [3.05, 3.63) is 77.1 Å². The number of para-hydroxylation sites is 1. The Morgan fingerprint density at radius 2 is 1.71 bits per heavy atom. The summed E-state index contributed by atoms with van der Waals surface area (Å²) in [4.78, 5) is 26.0. The number of rotatable bonds is 7. The largest absolute Gasteiger partial charge is 0.325 e. The highest BCUT2D eigenvalue weighted by Crippen LogP contribution is 2.25. The van der Waals surface area contributed by atoms with E-state index in [0.717, 1.165) is 28.4 Å². The quantitative estimate of drug-likeness (QED) is 0.339. The molecule has 0 spiro atoms. The number of nitrogens with one attached hydrogen (secondary N) is 1. The van der Waals surface area contributed by atoms with Crippen LogP contribution in [0, 0.1) is 5.92 Å². The SMILES string of the molecule is CC(C)CCn1c(=O)c2ccccc2n2c(SCC(=O)Nc3cccc4ccccc34)nnc12. The Morgan fingerprint density at radius 3 is 2.53 bits per heavy atom. The van der Waals surface area contributed by atoms with Crippen LogP contribution in [0.1, 0.15) is 20.3 Å². The molecule has 0 aliphatic heterocycles. The monoisotopic (exact) mass is 471 g/mol. The predicted molar refractivity (Wildman–Crippen MR) is 138 cm³/mol. The summed E-state index contributed by atoms with van der Waals surface area (Å²) >= 11 is 1.31. The first kappa shape index (κ1) is 22.2. The van der Waals surface area contributed by atoms with Gasteiger partial charge in [0, 0.05) is 17.6 Å². The molecule has 1 N–H and O–H groups in total. The van der Waals surface area contributed by atoms with Crippen molar-refractivity contribution in [2.45, 2.75) is 32.0 Å². The molecule has 0 aliphatic carbocycles. The zero-order valence-electron chi connectivity index (χ0n) is 19.1. The highest BCUT2D eigenvalue weighted by atomic mass is 32.2. The Balaban J connectivity index is 1.45. The molecule has 0 atom stereocenters. The van der Waals surface area contributed by atoms with Gasteiger partial charge in [-0.05, 0) is 35.9 Å². The number of anilines is 1. The molecule has 172 valence electrons. The highest BCUT2D eigenvalue weighted by molar-refractivity contribution is 7.99. The van der Waals surface area contributed by atoms with Crippen LogP contribution in [0.3, 0.4) is 0 Å². The Labute approximate surface area is 200 Å². The third-order valence-corrected chi connectivity index (χ3v) is 6.73. The van der Waals surface area contributed by atoms with Gasteiger partial charge in [0.1, 0.15) is 0 Å². The van der Waals surface area contributed by atoms with Crippen LogP contribution in [-0.4, -0.2) is 30.8 Å². The maximum Gasteiger partial charge on any atom is 0.262 e. The Morgan fingerprint density at radius 1 is 0.971 bits per heavy atom. The molecule has 0 radical (unpaired) electrons. The van der Waals surface area contributed by atoms with Crippen LogP contribution in [-0.2, 0) is 11.3 Å². The lowest BCUT2D eigenvalue weighted by Gasteiger charge is -2.12. The van der Waals surface area contributed by atoms with E-state index in [0.29, 0.717) is 28.8 Å². The summed E-state index contributed by atoms with van der Waals surface area (Å²) in [6.45, 7) is 4.82. The fourth-order valence-electron chi connectivity index (χ4n) is 4.07. The smallest absolute Gasteiger partial charge is 0.262 e. The minimum atomic E-state index is -0.129. The van der Waals surface area contributed by atoms with E-state index < -0.39 is 0 Å². The molecule has 3 aromatic carbocycles. The second-order valence-corrected chi connectivity index (χ2v) is 9.58. The Bertz CT molecular complexity index is 1570. The summed E-state index contributed by atoms with van der Waals surface area (Å²) in [7, 11) is 0. The first-order chi connectivity index (χ1) is 16.5. The van der Waals surface area contributed by atoms with Gasteiger partial charge in [-0.25, -0.2) is 0 Å². The summed E-state index contributed by atoms with van der Waals surface area (Å²) in [5.74, 6) is 0.994. The minimum Gasteiger partial charge on any atom is -0.325 e. The van der Waals surface area contributed by atoms with Gasteiger partial charge in [-0.3, -0.25) is 18.6 Å². The fraction of sp³-hybridized carbons (Fsp3) is 0.231. The predicted octanol–water partition coefficient (Wildman–Crippen LogP) is 4.97. The van der Waals surface area contributed by atoms with Gasteiger partial charge in [-0.1, -0.05) is 74.1 Å². The van der Waals surface area contributed by atoms with Crippen molar-refractivity contribution in [1.82, 2.24) is 19.2 Å². The van der Waals surface area contributed by atoms with E-state index in [1.807, 2.05) is 71.1 Å². The van der Waals surface area contributed by atoms with Crippen molar-refractivity contribution in [3.8, 4) is 0 Å². The lowest BCUT2D eigenvalue weighted by Crippen LogP contribution is -2.24. The van der Waals surface area contributed by atoms with Crippen LogP contribution in [0.5, 0.6) is 0 Å². The lowest BCUT2D eigenvalue weighted by molar-refractivity contribution is -0.113. The zero-order valence-corrected chi connectivity index (χ0v) is 19.9. The molecule has 2 heterocycles. The van der Waals surface area contributed by atoms with E-state index in [2.05, 4.69) is 29.4 Å². The number of carbonyl (C=O) groups excluding carboxylic acids is 1. The summed E-state index contributed by atoms with van der Waals surface area (Å²) in [5.41, 5.74) is 1.45. The fourth-order valence-corrected chi connectivity index (χ4v) is 4.81. The molecule has 8 heteroatoms. The van der Waals surface area contributed by atoms with Gasteiger partial charge in [0.05, 0.1) is 16.7 Å². The second kappa shape index (κ2) is 9.30. The first-order valence-corrected chi connectivity index (χ1v) is 12.3. The van der Waals surface area contributed by atoms with Crippen molar-refractivity contribution in [2.24, 2.45) is 5.92 Å². The van der Waals surface area contributed by atoms with Crippen LogP contribution in [0.2, 0.25) is 0 Å². The highest BCUT2D eigenvalue weighted by Gasteiger charge is 2.18. The number of aryl methyl sites for hydroxylation is 1. The molecule has 0 fully saturated rings. The van der Waals surface area contributed by atoms with Crippen LogP contribution in [0.25, 0.3) is 27.5 Å². The minimum absolute atomic E-state index is 0.0681. The summed E-state index contributed by atoms with van der Waals surface area (Å²) in [6, 6.07) is 21.3. The third kappa shape index (κ3) is 4.17. The van der Waals surface area contributed by atoms with Gasteiger partial charge in [-0.15, -0.1) is 10.2 Å². The van der Waals surface area contributed by atoms with Crippen LogP contribution < -0.4 is 10.9 Å². The van der Waals surface area contributed by atoms with Gasteiger partial charge in [0.25, 0.3) is 5.56 Å². The molecular formula is C26H25N5O2S. The number of benzene rings is 3. The summed E-state index contributed by atoms with van der Waals surface area (Å²) in [6.07, 6.45) is 0.858. The van der Waals surface area contributed by atoms with E-state index in [4.69, 9.17) is 0 Å². The average Bonchev–Trinajstić information content (AvgIpc) is 3.27. The molecule has 2 aromatic heterocycles. The zero-order chi connectivity index (χ0) is 23.7. The van der Waals surface area contributed by atoms with Gasteiger partial charge in [0.15, 0.2) is 5.16 Å². The van der Waals surface area contributed by atoms with Crippen molar-refractivity contribution >= 4 is 50.8 Å². The second-order valence-electron chi connectivity index (χ2n) is 8.64. The number of nitrogens with zero attached hydrogens (tertiary/aromatic N) is 4. The van der Waals surface area contributed by atoms with Gasteiger partial charge < -0.3 is 5.32 Å². The number of aromatic nitrogens is 4. The number of hydrogen-bond donors (Lipinski definition) is 1. The van der Waals surface area contributed by atoms with E-state index in [1.54, 1.807) is 4.57 Å². The standard InChI is InChI=1S/C26H25N5O2S/c1-17(2)14-15-30-24(33)20-11-5-6-13-22(20)31-25(30)28-29-26(31)34-16-23(32)27-21-12-7-9-18-8-3-4-10-19(18)21/h3-13,17H,14-16H2,1-2H3,(H,27,32). The van der Waals surface area contributed by atoms with Crippen molar-refractivity contribution in [2.75, 3.05) is 11.1 Å². The molecular weight excluding hydrogens is 446 g/mol. The Hall–Kier alpha value is -3.65. The lowest BCUT2D eigenvalue weighted by atomic mass is 10.1. The number of fused-ring (bicyclic) bond motifs is 4. The summed E-state index contributed by atoms with van der Waals surface area (Å²) in [5, 5.41) is 14.9. The molecule has 5 aromatic rings. The van der Waals surface area contributed by atoms with Crippen molar-refractivity contribution < 1.29 is 4.79 Å². The van der Waals surface area contributed by atoms with Crippen LogP contribution >= 0.6 is 11.8 Å². The normalized spacial score (nSPS) is 11.6. The third-order valence-electron chi connectivity index (χ3n) is 5.80. The molecule has 1 amide bonds. The molecule has 0 saturated carbocycles. The van der Waals surface area contributed by atoms with Gasteiger partial charge in [0.2, 0.25) is 11.7 Å². The molecule has 0 saturated heterocycles. The maximum atomic E-state index is 13.2. The molecule has 7 nitrogen and oxygen atoms in total. The topological polar surface area (TPSA) is 81.3 Å². The van der Waals surface area contributed by atoms with Gasteiger partial charge >= 0.3 is 0 Å². The molecule has 0 bridgehead atoms. The molecule has 34 heavy (non-hydrogen) atoms. The van der Waals surface area contributed by atoms with E-state index in [-0.39, 0.29) is 17.2 Å². The van der Waals surface area contributed by atoms with E-state index in [9.17, 15) is 9.59 Å². The number of carbonyl (C=O) groups is 1. The van der Waals surface area contributed by atoms with E-state index in [1.165, 1.54) is 11.8 Å².